The van der Waals surface area contributed by atoms with Gasteiger partial charge >= 0.3 is 0 Å². The van der Waals surface area contributed by atoms with Gasteiger partial charge in [0.15, 0.2) is 0 Å². The maximum absolute atomic E-state index is 12.0. The van der Waals surface area contributed by atoms with Crippen LogP contribution in [0.25, 0.3) is 0 Å². The summed E-state index contributed by atoms with van der Waals surface area (Å²) in [4.78, 5) is 14.4. The third-order valence-electron chi connectivity index (χ3n) is 3.88. The van der Waals surface area contributed by atoms with E-state index in [2.05, 4.69) is 17.1 Å². The number of likely N-dealkylation sites (tertiary alicyclic amines) is 1. The molecule has 0 aliphatic carbocycles. The minimum atomic E-state index is -0.434. The van der Waals surface area contributed by atoms with E-state index in [0.717, 1.165) is 19.6 Å². The summed E-state index contributed by atoms with van der Waals surface area (Å²) in [5, 5.41) is 3.02. The molecule has 3 N–H and O–H groups in total. The fourth-order valence-electron chi connectivity index (χ4n) is 2.43. The van der Waals surface area contributed by atoms with Crippen LogP contribution < -0.4 is 11.1 Å². The van der Waals surface area contributed by atoms with Crippen molar-refractivity contribution in [3.05, 3.63) is 0 Å². The summed E-state index contributed by atoms with van der Waals surface area (Å²) in [7, 11) is 0. The quantitative estimate of drug-likeness (QED) is 0.797. The van der Waals surface area contributed by atoms with Crippen molar-refractivity contribution in [3.8, 4) is 0 Å². The number of nitrogens with two attached hydrogens (primary N) is 1. The van der Waals surface area contributed by atoms with E-state index in [1.165, 1.54) is 19.3 Å². The Bertz CT molecular complexity index is 273. The zero-order valence-electron chi connectivity index (χ0n) is 12.3. The van der Waals surface area contributed by atoms with Crippen molar-refractivity contribution >= 4 is 5.91 Å². The number of carbonyl (C=O) groups is 1. The third-order valence-corrected chi connectivity index (χ3v) is 3.88. The number of carbonyl (C=O) groups excluding carboxylic acids is 1. The van der Waals surface area contributed by atoms with Crippen molar-refractivity contribution in [2.75, 3.05) is 19.6 Å². The van der Waals surface area contributed by atoms with Crippen molar-refractivity contribution in [1.29, 1.82) is 0 Å². The smallest absolute Gasteiger partial charge is 0.237 e. The second kappa shape index (κ2) is 6.53. The Hall–Kier alpha value is -0.610. The number of hydrogen-bond acceptors (Lipinski definition) is 3. The number of nitrogens with one attached hydrogen (secondary N) is 1. The van der Waals surface area contributed by atoms with Crippen LogP contribution >= 0.6 is 0 Å². The highest BCUT2D eigenvalue weighted by atomic mass is 16.2. The largest absolute Gasteiger partial charge is 0.353 e. The highest BCUT2D eigenvalue weighted by Gasteiger charge is 2.28. The van der Waals surface area contributed by atoms with E-state index >= 15 is 0 Å². The first-order valence-electron chi connectivity index (χ1n) is 7.13. The molecule has 1 aliphatic rings. The molecule has 1 aliphatic heterocycles. The fraction of sp³-hybridized carbons (Fsp3) is 0.929. The van der Waals surface area contributed by atoms with E-state index in [1.54, 1.807) is 0 Å². The molecule has 0 saturated carbocycles. The molecule has 1 amide bonds. The Kier molecular flexibility index (Phi) is 5.60. The minimum Gasteiger partial charge on any atom is -0.353 e. The lowest BCUT2D eigenvalue weighted by Gasteiger charge is -2.35. The summed E-state index contributed by atoms with van der Waals surface area (Å²) < 4.78 is 0. The van der Waals surface area contributed by atoms with Crippen molar-refractivity contribution < 1.29 is 4.79 Å². The zero-order chi connectivity index (χ0) is 13.8. The topological polar surface area (TPSA) is 58.4 Å². The van der Waals surface area contributed by atoms with Crippen molar-refractivity contribution in [2.45, 2.75) is 59.0 Å². The van der Waals surface area contributed by atoms with Crippen LogP contribution in [0.1, 0.15) is 47.0 Å². The van der Waals surface area contributed by atoms with Gasteiger partial charge in [-0.25, -0.2) is 0 Å². The number of piperidine rings is 1. The van der Waals surface area contributed by atoms with Gasteiger partial charge in [-0.3, -0.25) is 9.69 Å². The molecule has 106 valence electrons. The molecule has 4 nitrogen and oxygen atoms in total. The molecule has 18 heavy (non-hydrogen) atoms. The molecule has 0 aromatic carbocycles. The van der Waals surface area contributed by atoms with E-state index in [9.17, 15) is 4.79 Å². The van der Waals surface area contributed by atoms with Crippen LogP contribution in [0.15, 0.2) is 0 Å². The second-order valence-corrected chi connectivity index (χ2v) is 6.37. The van der Waals surface area contributed by atoms with Crippen molar-refractivity contribution in [2.24, 2.45) is 11.1 Å². The van der Waals surface area contributed by atoms with E-state index in [-0.39, 0.29) is 11.3 Å². The first kappa shape index (κ1) is 15.4. The normalized spacial score (nSPS) is 23.7. The van der Waals surface area contributed by atoms with Crippen LogP contribution in [-0.4, -0.2) is 42.5 Å². The number of nitrogens with zero attached hydrogens (tertiary/aromatic N) is 1. The van der Waals surface area contributed by atoms with Crippen molar-refractivity contribution in [3.63, 3.8) is 0 Å². The van der Waals surface area contributed by atoms with Crippen LogP contribution in [0, 0.1) is 5.41 Å². The van der Waals surface area contributed by atoms with Gasteiger partial charge in [-0.2, -0.15) is 0 Å². The molecule has 1 heterocycles. The van der Waals surface area contributed by atoms with Crippen LogP contribution in [0.3, 0.4) is 0 Å². The SMILES string of the molecule is CCN1CCCCC1CNC(=O)[C@@H](N)C(C)(C)C. The summed E-state index contributed by atoms with van der Waals surface area (Å²) in [6, 6.07) is 0.0519. The minimum absolute atomic E-state index is 0.0240. The molecule has 0 spiro atoms. The number of amides is 1. The molecular formula is C14H29N3O. The molecule has 4 heteroatoms. The predicted molar refractivity (Wildman–Crippen MR) is 75.3 cm³/mol. The Labute approximate surface area is 111 Å². The van der Waals surface area contributed by atoms with Gasteiger partial charge in [0.2, 0.25) is 5.91 Å². The van der Waals surface area contributed by atoms with Gasteiger partial charge < -0.3 is 11.1 Å². The maximum Gasteiger partial charge on any atom is 0.237 e. The number of hydrogen-bond donors (Lipinski definition) is 2. The molecule has 0 aromatic heterocycles. The lowest BCUT2D eigenvalue weighted by atomic mass is 9.87. The van der Waals surface area contributed by atoms with Crippen LogP contribution in [0.4, 0.5) is 0 Å². The van der Waals surface area contributed by atoms with E-state index in [4.69, 9.17) is 5.73 Å². The molecule has 0 aromatic rings. The molecule has 1 unspecified atom stereocenters. The summed E-state index contributed by atoms with van der Waals surface area (Å²) in [6.07, 6.45) is 3.72. The van der Waals surface area contributed by atoms with Gasteiger partial charge in [-0.05, 0) is 31.3 Å². The van der Waals surface area contributed by atoms with Crippen LogP contribution in [0.5, 0.6) is 0 Å². The second-order valence-electron chi connectivity index (χ2n) is 6.37. The fourth-order valence-corrected chi connectivity index (χ4v) is 2.43. The zero-order valence-corrected chi connectivity index (χ0v) is 12.3. The number of likely N-dealkylation sites (N-methyl/N-ethyl adjacent to an activating group) is 1. The Morgan fingerprint density at radius 1 is 1.44 bits per heavy atom. The standard InChI is InChI=1S/C14H29N3O/c1-5-17-9-7-6-8-11(17)10-16-13(18)12(15)14(2,3)4/h11-12H,5-10,15H2,1-4H3,(H,16,18)/t11?,12-/m1/s1. The molecular weight excluding hydrogens is 226 g/mol. The average molecular weight is 255 g/mol. The van der Waals surface area contributed by atoms with Crippen molar-refractivity contribution in [1.82, 2.24) is 10.2 Å². The molecule has 1 rings (SSSR count). The van der Waals surface area contributed by atoms with Crippen LogP contribution in [0.2, 0.25) is 0 Å². The average Bonchev–Trinajstić information content (AvgIpc) is 2.34. The summed E-state index contributed by atoms with van der Waals surface area (Å²) in [6.45, 7) is 11.1. The molecule has 1 fully saturated rings. The van der Waals surface area contributed by atoms with Gasteiger partial charge in [0.05, 0.1) is 6.04 Å². The first-order valence-corrected chi connectivity index (χ1v) is 7.13. The van der Waals surface area contributed by atoms with Gasteiger partial charge in [0.25, 0.3) is 0 Å². The monoisotopic (exact) mass is 255 g/mol. The Morgan fingerprint density at radius 2 is 2.11 bits per heavy atom. The summed E-state index contributed by atoms with van der Waals surface area (Å²) in [5.74, 6) is -0.0240. The number of rotatable bonds is 4. The summed E-state index contributed by atoms with van der Waals surface area (Å²) >= 11 is 0. The summed E-state index contributed by atoms with van der Waals surface area (Å²) in [5.41, 5.74) is 5.77. The van der Waals surface area contributed by atoms with E-state index in [0.29, 0.717) is 6.04 Å². The maximum atomic E-state index is 12.0. The third kappa shape index (κ3) is 4.25. The van der Waals surface area contributed by atoms with Gasteiger partial charge in [-0.15, -0.1) is 0 Å². The lowest BCUT2D eigenvalue weighted by Crippen LogP contribution is -2.52. The molecule has 0 radical (unpaired) electrons. The van der Waals surface area contributed by atoms with Crippen LogP contribution in [-0.2, 0) is 4.79 Å². The Morgan fingerprint density at radius 3 is 2.67 bits per heavy atom. The highest BCUT2D eigenvalue weighted by Crippen LogP contribution is 2.18. The lowest BCUT2D eigenvalue weighted by molar-refractivity contribution is -0.124. The van der Waals surface area contributed by atoms with Gasteiger partial charge in [0.1, 0.15) is 0 Å². The molecule has 0 bridgehead atoms. The first-order chi connectivity index (χ1) is 8.36. The Balaban J connectivity index is 2.42. The highest BCUT2D eigenvalue weighted by molar-refractivity contribution is 5.82. The van der Waals surface area contributed by atoms with Gasteiger partial charge in [0, 0.05) is 12.6 Å². The predicted octanol–water partition coefficient (Wildman–Crippen LogP) is 1.35. The molecule has 2 atom stereocenters. The molecule has 1 saturated heterocycles. The van der Waals surface area contributed by atoms with E-state index < -0.39 is 6.04 Å². The van der Waals surface area contributed by atoms with Gasteiger partial charge in [-0.1, -0.05) is 34.1 Å². The van der Waals surface area contributed by atoms with E-state index in [1.807, 2.05) is 20.8 Å².